The highest BCUT2D eigenvalue weighted by Crippen LogP contribution is 2.20. The first-order chi connectivity index (χ1) is 5.66. The molecule has 0 saturated carbocycles. The Balaban J connectivity index is 2.66. The fourth-order valence-corrected chi connectivity index (χ4v) is 1.71. The lowest BCUT2D eigenvalue weighted by Gasteiger charge is -2.37. The van der Waals surface area contributed by atoms with E-state index in [0.29, 0.717) is 6.42 Å². The highest BCUT2D eigenvalue weighted by Gasteiger charge is 2.29. The highest BCUT2D eigenvalue weighted by atomic mass is 16.5. The van der Waals surface area contributed by atoms with Crippen LogP contribution in [0.15, 0.2) is 0 Å². The molecule has 1 fully saturated rings. The molecule has 0 aromatic carbocycles. The van der Waals surface area contributed by atoms with Crippen molar-refractivity contribution in [2.45, 2.75) is 45.4 Å². The smallest absolute Gasteiger partial charge is 0.224 e. The van der Waals surface area contributed by atoms with Crippen molar-refractivity contribution in [1.29, 1.82) is 0 Å². The van der Waals surface area contributed by atoms with Crippen LogP contribution < -0.4 is 0 Å². The molecule has 0 aromatic rings. The fraction of sp³-hybridized carbons (Fsp3) is 0.889. The van der Waals surface area contributed by atoms with E-state index in [9.17, 15) is 4.79 Å². The second-order valence-electron chi connectivity index (χ2n) is 3.48. The number of hydrogen-bond acceptors (Lipinski definition) is 2. The van der Waals surface area contributed by atoms with Gasteiger partial charge in [-0.15, -0.1) is 0 Å². The molecule has 0 radical (unpaired) electrons. The van der Waals surface area contributed by atoms with Gasteiger partial charge in [-0.05, 0) is 26.7 Å². The quantitative estimate of drug-likeness (QED) is 0.628. The molecule has 70 valence electrons. The maximum absolute atomic E-state index is 11.5. The summed E-state index contributed by atoms with van der Waals surface area (Å²) in [6.07, 6.45) is 2.62. The Morgan fingerprint density at radius 2 is 2.25 bits per heavy atom. The first-order valence-electron chi connectivity index (χ1n) is 4.50. The molecule has 1 aliphatic rings. The van der Waals surface area contributed by atoms with Gasteiger partial charge in [-0.2, -0.15) is 0 Å². The Morgan fingerprint density at radius 1 is 1.58 bits per heavy atom. The van der Waals surface area contributed by atoms with Gasteiger partial charge in [0.1, 0.15) is 6.23 Å². The van der Waals surface area contributed by atoms with Gasteiger partial charge in [0, 0.05) is 19.6 Å². The molecule has 1 amide bonds. The van der Waals surface area contributed by atoms with Gasteiger partial charge in [-0.25, -0.2) is 0 Å². The summed E-state index contributed by atoms with van der Waals surface area (Å²) in [4.78, 5) is 13.3. The number of carbonyl (C=O) groups is 1. The number of likely N-dealkylation sites (tertiary alicyclic amines) is 1. The number of rotatable bonds is 2. The van der Waals surface area contributed by atoms with E-state index in [1.807, 2.05) is 18.7 Å². The van der Waals surface area contributed by atoms with Crippen LogP contribution in [0.1, 0.15) is 33.1 Å². The van der Waals surface area contributed by atoms with E-state index in [1.54, 1.807) is 7.11 Å². The molecular weight excluding hydrogens is 154 g/mol. The van der Waals surface area contributed by atoms with Crippen molar-refractivity contribution >= 4 is 5.91 Å². The highest BCUT2D eigenvalue weighted by molar-refractivity contribution is 5.77. The van der Waals surface area contributed by atoms with Crippen LogP contribution in [0, 0.1) is 0 Å². The summed E-state index contributed by atoms with van der Waals surface area (Å²) in [5, 5.41) is 0. The van der Waals surface area contributed by atoms with Crippen LogP contribution in [-0.4, -0.2) is 30.2 Å². The van der Waals surface area contributed by atoms with Crippen LogP contribution in [0.2, 0.25) is 0 Å². The molecule has 0 aromatic heterocycles. The summed E-state index contributed by atoms with van der Waals surface area (Å²) in [7, 11) is 1.67. The molecule has 3 nitrogen and oxygen atoms in total. The summed E-state index contributed by atoms with van der Waals surface area (Å²) in [5.41, 5.74) is 0. The molecule has 1 heterocycles. The van der Waals surface area contributed by atoms with Crippen LogP contribution in [0.25, 0.3) is 0 Å². The van der Waals surface area contributed by atoms with E-state index < -0.39 is 0 Å². The van der Waals surface area contributed by atoms with Gasteiger partial charge in [-0.1, -0.05) is 0 Å². The zero-order chi connectivity index (χ0) is 9.14. The Hall–Kier alpha value is -0.570. The lowest BCUT2D eigenvalue weighted by molar-refractivity contribution is -0.153. The second-order valence-corrected chi connectivity index (χ2v) is 3.48. The average Bonchev–Trinajstić information content (AvgIpc) is 2.03. The number of amides is 1. The predicted octanol–water partition coefficient (Wildman–Crippen LogP) is 1.38. The van der Waals surface area contributed by atoms with Crippen molar-refractivity contribution in [3.8, 4) is 0 Å². The van der Waals surface area contributed by atoms with Crippen LogP contribution >= 0.6 is 0 Å². The molecule has 0 N–H and O–H groups in total. The van der Waals surface area contributed by atoms with E-state index in [-0.39, 0.29) is 18.2 Å². The zero-order valence-corrected chi connectivity index (χ0v) is 8.04. The zero-order valence-electron chi connectivity index (χ0n) is 8.04. The Kier molecular flexibility index (Phi) is 3.09. The molecule has 0 bridgehead atoms. The minimum atomic E-state index is 0.00579. The van der Waals surface area contributed by atoms with Gasteiger partial charge in [0.15, 0.2) is 0 Å². The largest absolute Gasteiger partial charge is 0.362 e. The van der Waals surface area contributed by atoms with Crippen molar-refractivity contribution in [2.75, 3.05) is 7.11 Å². The van der Waals surface area contributed by atoms with Crippen molar-refractivity contribution in [3.05, 3.63) is 0 Å². The average molecular weight is 171 g/mol. The number of piperidine rings is 1. The first kappa shape index (κ1) is 9.52. The number of ether oxygens (including phenoxy) is 1. The second kappa shape index (κ2) is 3.90. The first-order valence-corrected chi connectivity index (χ1v) is 4.50. The van der Waals surface area contributed by atoms with Gasteiger partial charge in [0.05, 0.1) is 0 Å². The fourth-order valence-electron chi connectivity index (χ4n) is 1.71. The lowest BCUT2D eigenvalue weighted by Crippen LogP contribution is -2.48. The van der Waals surface area contributed by atoms with E-state index in [0.717, 1.165) is 12.8 Å². The maximum atomic E-state index is 11.5. The van der Waals surface area contributed by atoms with Crippen LogP contribution in [0.5, 0.6) is 0 Å². The van der Waals surface area contributed by atoms with Gasteiger partial charge in [-0.3, -0.25) is 4.79 Å². The standard InChI is InChI=1S/C9H17NO2/c1-7(2)10-8(11)5-4-6-9(10)12-3/h7,9H,4-6H2,1-3H3. The summed E-state index contributed by atoms with van der Waals surface area (Å²) in [6.45, 7) is 4.05. The lowest BCUT2D eigenvalue weighted by atomic mass is 10.1. The monoisotopic (exact) mass is 171 g/mol. The minimum absolute atomic E-state index is 0.00579. The topological polar surface area (TPSA) is 29.5 Å². The molecule has 1 atom stereocenters. The molecule has 1 rings (SSSR count). The predicted molar refractivity (Wildman–Crippen MR) is 46.6 cm³/mol. The van der Waals surface area contributed by atoms with E-state index in [1.165, 1.54) is 0 Å². The molecule has 0 aliphatic carbocycles. The third-order valence-corrected chi connectivity index (χ3v) is 2.27. The summed E-state index contributed by atoms with van der Waals surface area (Å²) in [6, 6.07) is 0.253. The number of carbonyl (C=O) groups excluding carboxylic acids is 1. The Labute approximate surface area is 73.7 Å². The van der Waals surface area contributed by atoms with Gasteiger partial charge in [0.25, 0.3) is 0 Å². The summed E-state index contributed by atoms with van der Waals surface area (Å²) < 4.78 is 5.24. The number of nitrogens with zero attached hydrogens (tertiary/aromatic N) is 1. The van der Waals surface area contributed by atoms with E-state index in [4.69, 9.17) is 4.74 Å². The van der Waals surface area contributed by atoms with Gasteiger partial charge in [0.2, 0.25) is 5.91 Å². The molecule has 12 heavy (non-hydrogen) atoms. The number of hydrogen-bond donors (Lipinski definition) is 0. The van der Waals surface area contributed by atoms with Crippen molar-refractivity contribution in [3.63, 3.8) is 0 Å². The van der Waals surface area contributed by atoms with E-state index in [2.05, 4.69) is 0 Å². The molecule has 3 heteroatoms. The van der Waals surface area contributed by atoms with E-state index >= 15 is 0 Å². The number of methoxy groups -OCH3 is 1. The minimum Gasteiger partial charge on any atom is -0.362 e. The molecule has 1 unspecified atom stereocenters. The van der Waals surface area contributed by atoms with Crippen molar-refractivity contribution < 1.29 is 9.53 Å². The van der Waals surface area contributed by atoms with Gasteiger partial charge < -0.3 is 9.64 Å². The Morgan fingerprint density at radius 3 is 2.67 bits per heavy atom. The maximum Gasteiger partial charge on any atom is 0.224 e. The Bertz CT molecular complexity index is 168. The summed E-state index contributed by atoms with van der Waals surface area (Å²) in [5.74, 6) is 0.225. The van der Waals surface area contributed by atoms with Crippen LogP contribution in [0.4, 0.5) is 0 Å². The normalized spacial score (nSPS) is 25.2. The van der Waals surface area contributed by atoms with Crippen LogP contribution in [0.3, 0.4) is 0 Å². The molecular formula is C9H17NO2. The third kappa shape index (κ3) is 1.78. The van der Waals surface area contributed by atoms with Crippen molar-refractivity contribution in [2.24, 2.45) is 0 Å². The van der Waals surface area contributed by atoms with Crippen molar-refractivity contribution in [1.82, 2.24) is 4.90 Å². The molecule has 1 aliphatic heterocycles. The SMILES string of the molecule is COC1CCCC(=O)N1C(C)C. The molecule has 0 spiro atoms. The summed E-state index contributed by atoms with van der Waals surface area (Å²) >= 11 is 0. The third-order valence-electron chi connectivity index (χ3n) is 2.27. The van der Waals surface area contributed by atoms with Gasteiger partial charge >= 0.3 is 0 Å². The molecule has 1 saturated heterocycles. The van der Waals surface area contributed by atoms with Crippen LogP contribution in [-0.2, 0) is 9.53 Å².